The summed E-state index contributed by atoms with van der Waals surface area (Å²) in [6.45, 7) is 5.47. The average Bonchev–Trinajstić information content (AvgIpc) is 2.65. The van der Waals surface area contributed by atoms with Gasteiger partial charge in [-0.1, -0.05) is 39.0 Å². The molecule has 0 bridgehead atoms. The lowest BCUT2D eigenvalue weighted by atomic mass is 10.0. The Bertz CT molecular complexity index is 631. The molecule has 6 heteroatoms. The third-order valence-corrected chi connectivity index (χ3v) is 5.41. The zero-order valence-electron chi connectivity index (χ0n) is 11.8. The number of fused-ring (bicyclic) bond motifs is 1. The van der Waals surface area contributed by atoms with Crippen molar-refractivity contribution in [2.45, 2.75) is 33.2 Å². The van der Waals surface area contributed by atoms with Crippen molar-refractivity contribution in [1.29, 1.82) is 0 Å². The molecule has 110 valence electrons. The van der Waals surface area contributed by atoms with Crippen LogP contribution in [-0.2, 0) is 21.2 Å². The highest BCUT2D eigenvalue weighted by Gasteiger charge is 2.42. The van der Waals surface area contributed by atoms with Gasteiger partial charge in [0.2, 0.25) is 10.0 Å². The second-order valence-electron chi connectivity index (χ2n) is 6.30. The highest BCUT2D eigenvalue weighted by molar-refractivity contribution is 7.92. The number of benzene rings is 1. The fourth-order valence-corrected chi connectivity index (χ4v) is 4.77. The first kappa shape index (κ1) is 14.8. The molecule has 0 saturated heterocycles. The molecule has 1 aromatic rings. The normalized spacial score (nSPS) is 18.9. The fourth-order valence-electron chi connectivity index (χ4n) is 2.51. The standard InChI is InChI=1S/C14H19NO4S/c1-14(2,3)9-20(18,19)15-11-7-5-4-6-10(11)8-12(15)13(16)17/h4-7,12H,8-9H2,1-3H3,(H,16,17)/t12-/m0/s1. The van der Waals surface area contributed by atoms with E-state index < -0.39 is 27.4 Å². The SMILES string of the molecule is CC(C)(C)CS(=O)(=O)N1c2ccccc2C[C@H]1C(=O)O. The summed E-state index contributed by atoms with van der Waals surface area (Å²) < 4.78 is 26.3. The lowest BCUT2D eigenvalue weighted by molar-refractivity contribution is -0.138. The number of nitrogens with zero attached hydrogens (tertiary/aromatic N) is 1. The molecule has 1 atom stereocenters. The molecule has 2 rings (SSSR count). The second kappa shape index (κ2) is 4.77. The molecule has 1 N–H and O–H groups in total. The minimum atomic E-state index is -3.67. The molecule has 1 aliphatic rings. The Morgan fingerprint density at radius 2 is 1.95 bits per heavy atom. The van der Waals surface area contributed by atoms with Gasteiger partial charge in [-0.2, -0.15) is 0 Å². The molecule has 0 radical (unpaired) electrons. The van der Waals surface area contributed by atoms with E-state index in [4.69, 9.17) is 0 Å². The van der Waals surface area contributed by atoms with Crippen molar-refractivity contribution in [3.8, 4) is 0 Å². The van der Waals surface area contributed by atoms with Crippen LogP contribution < -0.4 is 4.31 Å². The average molecular weight is 297 g/mol. The molecule has 0 amide bonds. The second-order valence-corrected chi connectivity index (χ2v) is 8.15. The van der Waals surface area contributed by atoms with Crippen LogP contribution in [0.3, 0.4) is 0 Å². The molecule has 1 aliphatic heterocycles. The zero-order chi connectivity index (χ0) is 15.1. The maximum absolute atomic E-state index is 12.6. The minimum absolute atomic E-state index is 0.0852. The van der Waals surface area contributed by atoms with Crippen LogP contribution >= 0.6 is 0 Å². The molecule has 20 heavy (non-hydrogen) atoms. The Labute approximate surface area is 119 Å². The van der Waals surface area contributed by atoms with Gasteiger partial charge in [-0.25, -0.2) is 13.2 Å². The topological polar surface area (TPSA) is 74.7 Å². The summed E-state index contributed by atoms with van der Waals surface area (Å²) in [4.78, 5) is 11.4. The van der Waals surface area contributed by atoms with Crippen LogP contribution in [0.2, 0.25) is 0 Å². The predicted octanol–water partition coefficient (Wildman–Crippen LogP) is 1.88. The Morgan fingerprint density at radius 3 is 2.50 bits per heavy atom. The van der Waals surface area contributed by atoms with Crippen molar-refractivity contribution in [1.82, 2.24) is 0 Å². The van der Waals surface area contributed by atoms with E-state index >= 15 is 0 Å². The molecular weight excluding hydrogens is 278 g/mol. The largest absolute Gasteiger partial charge is 0.480 e. The van der Waals surface area contributed by atoms with Crippen molar-refractivity contribution in [3.63, 3.8) is 0 Å². The number of hydrogen-bond acceptors (Lipinski definition) is 3. The summed E-state index contributed by atoms with van der Waals surface area (Å²) in [5.41, 5.74) is 0.820. The number of carboxylic acid groups (broad SMARTS) is 1. The maximum Gasteiger partial charge on any atom is 0.327 e. The third-order valence-electron chi connectivity index (χ3n) is 3.13. The number of aliphatic carboxylic acids is 1. The molecule has 0 aromatic heterocycles. The van der Waals surface area contributed by atoms with E-state index in [1.54, 1.807) is 24.3 Å². The van der Waals surface area contributed by atoms with Crippen molar-refractivity contribution >= 4 is 21.7 Å². The highest BCUT2D eigenvalue weighted by Crippen LogP contribution is 2.36. The van der Waals surface area contributed by atoms with Gasteiger partial charge in [0.15, 0.2) is 0 Å². The van der Waals surface area contributed by atoms with Gasteiger partial charge in [-0.3, -0.25) is 4.31 Å². The molecule has 0 aliphatic carbocycles. The first-order valence-electron chi connectivity index (χ1n) is 6.45. The van der Waals surface area contributed by atoms with Gasteiger partial charge in [0.05, 0.1) is 11.4 Å². The first-order valence-corrected chi connectivity index (χ1v) is 8.05. The van der Waals surface area contributed by atoms with Crippen LogP contribution in [0.4, 0.5) is 5.69 Å². The van der Waals surface area contributed by atoms with E-state index in [1.165, 1.54) is 0 Å². The lowest BCUT2D eigenvalue weighted by Crippen LogP contribution is -2.45. The lowest BCUT2D eigenvalue weighted by Gasteiger charge is -2.28. The summed E-state index contributed by atoms with van der Waals surface area (Å²) in [5, 5.41) is 9.31. The van der Waals surface area contributed by atoms with Crippen LogP contribution in [0.1, 0.15) is 26.3 Å². The molecular formula is C14H19NO4S. The number of carbonyl (C=O) groups is 1. The molecule has 0 saturated carbocycles. The summed E-state index contributed by atoms with van der Waals surface area (Å²) in [7, 11) is -3.67. The summed E-state index contributed by atoms with van der Waals surface area (Å²) >= 11 is 0. The van der Waals surface area contributed by atoms with E-state index in [0.29, 0.717) is 5.69 Å². The Morgan fingerprint density at radius 1 is 1.35 bits per heavy atom. The van der Waals surface area contributed by atoms with Gasteiger partial charge in [-0.15, -0.1) is 0 Å². The van der Waals surface area contributed by atoms with Crippen molar-refractivity contribution in [2.75, 3.05) is 10.1 Å². The Kier molecular flexibility index (Phi) is 3.54. The molecule has 0 fully saturated rings. The molecule has 1 heterocycles. The fraction of sp³-hybridized carbons (Fsp3) is 0.500. The Hall–Kier alpha value is -1.56. The van der Waals surface area contributed by atoms with E-state index in [9.17, 15) is 18.3 Å². The number of para-hydroxylation sites is 1. The van der Waals surface area contributed by atoms with Crippen LogP contribution in [0, 0.1) is 5.41 Å². The first-order chi connectivity index (χ1) is 9.12. The van der Waals surface area contributed by atoms with Gasteiger partial charge in [0, 0.05) is 6.42 Å². The van der Waals surface area contributed by atoms with Crippen LogP contribution in [0.25, 0.3) is 0 Å². The summed E-state index contributed by atoms with van der Waals surface area (Å²) in [6.07, 6.45) is 0.217. The van der Waals surface area contributed by atoms with Crippen molar-refractivity contribution in [3.05, 3.63) is 29.8 Å². The molecule has 0 unspecified atom stereocenters. The van der Waals surface area contributed by atoms with Crippen LogP contribution in [0.5, 0.6) is 0 Å². The van der Waals surface area contributed by atoms with E-state index in [2.05, 4.69) is 0 Å². The number of rotatable bonds is 3. The zero-order valence-corrected chi connectivity index (χ0v) is 12.6. The van der Waals surface area contributed by atoms with Gasteiger partial charge in [0.1, 0.15) is 6.04 Å². The van der Waals surface area contributed by atoms with Gasteiger partial charge >= 0.3 is 5.97 Å². The minimum Gasteiger partial charge on any atom is -0.480 e. The number of sulfonamides is 1. The van der Waals surface area contributed by atoms with E-state index in [1.807, 2.05) is 20.8 Å². The molecule has 0 spiro atoms. The number of hydrogen-bond donors (Lipinski definition) is 1. The smallest absolute Gasteiger partial charge is 0.327 e. The molecule has 1 aromatic carbocycles. The number of anilines is 1. The monoisotopic (exact) mass is 297 g/mol. The van der Waals surface area contributed by atoms with E-state index in [-0.39, 0.29) is 12.2 Å². The van der Waals surface area contributed by atoms with Crippen molar-refractivity contribution < 1.29 is 18.3 Å². The van der Waals surface area contributed by atoms with Gasteiger partial charge in [0.25, 0.3) is 0 Å². The van der Waals surface area contributed by atoms with Gasteiger partial charge in [-0.05, 0) is 17.0 Å². The van der Waals surface area contributed by atoms with Gasteiger partial charge < -0.3 is 5.11 Å². The predicted molar refractivity (Wildman–Crippen MR) is 77.3 cm³/mol. The Balaban J connectivity index is 2.49. The molecule has 5 nitrogen and oxygen atoms in total. The maximum atomic E-state index is 12.6. The van der Waals surface area contributed by atoms with Crippen LogP contribution in [-0.4, -0.2) is 31.3 Å². The summed E-state index contributed by atoms with van der Waals surface area (Å²) in [6, 6.07) is 5.91. The third kappa shape index (κ3) is 2.80. The highest BCUT2D eigenvalue weighted by atomic mass is 32.2. The van der Waals surface area contributed by atoms with Crippen molar-refractivity contribution in [2.24, 2.45) is 5.41 Å². The van der Waals surface area contributed by atoms with Crippen LogP contribution in [0.15, 0.2) is 24.3 Å². The summed E-state index contributed by atoms with van der Waals surface area (Å²) in [5.74, 6) is -1.20. The van der Waals surface area contributed by atoms with E-state index in [0.717, 1.165) is 9.87 Å². The number of carboxylic acids is 1. The quantitative estimate of drug-likeness (QED) is 0.924.